The molecule has 0 aliphatic heterocycles. The number of H-pyrrole nitrogens is 1. The van der Waals surface area contributed by atoms with Gasteiger partial charge in [-0.3, -0.25) is 4.79 Å². The Balaban J connectivity index is 2.71. The number of halogens is 1. The third kappa shape index (κ3) is 1.70. The lowest BCUT2D eigenvalue weighted by molar-refractivity contribution is 0.322. The minimum Gasteiger partial charge on any atom is -0.491 e. The number of nitrogens with one attached hydrogen (secondary N) is 1. The molecule has 0 bridgehead atoms. The fraction of sp³-hybridized carbons (Fsp3) is 0.182. The summed E-state index contributed by atoms with van der Waals surface area (Å²) in [7, 11) is 0. The minimum atomic E-state index is -0.513. The van der Waals surface area contributed by atoms with Gasteiger partial charge in [-0.2, -0.15) is 0 Å². The van der Waals surface area contributed by atoms with Gasteiger partial charge in [-0.15, -0.1) is 0 Å². The van der Waals surface area contributed by atoms with Crippen molar-refractivity contribution in [2.24, 2.45) is 0 Å². The molecule has 3 nitrogen and oxygen atoms in total. The molecule has 0 aliphatic rings. The first kappa shape index (κ1) is 9.71. The average molecular weight is 207 g/mol. The molecule has 0 atom stereocenters. The van der Waals surface area contributed by atoms with E-state index in [0.29, 0.717) is 17.4 Å². The first-order chi connectivity index (χ1) is 7.22. The number of fused-ring (bicyclic) bond motifs is 1. The number of benzene rings is 1. The van der Waals surface area contributed by atoms with Gasteiger partial charge in [0.05, 0.1) is 12.0 Å². The summed E-state index contributed by atoms with van der Waals surface area (Å²) in [4.78, 5) is 13.8. The first-order valence-corrected chi connectivity index (χ1v) is 4.66. The fourth-order valence-corrected chi connectivity index (χ4v) is 1.45. The van der Waals surface area contributed by atoms with Crippen molar-refractivity contribution in [3.8, 4) is 5.75 Å². The number of pyridine rings is 1. The van der Waals surface area contributed by atoms with Crippen LogP contribution in [0.5, 0.6) is 5.75 Å². The molecule has 0 saturated carbocycles. The third-order valence-electron chi connectivity index (χ3n) is 2.13. The van der Waals surface area contributed by atoms with E-state index in [1.165, 1.54) is 18.3 Å². The van der Waals surface area contributed by atoms with Crippen molar-refractivity contribution >= 4 is 10.8 Å². The van der Waals surface area contributed by atoms with Gasteiger partial charge in [0, 0.05) is 6.20 Å². The lowest BCUT2D eigenvalue weighted by atomic mass is 10.1. The van der Waals surface area contributed by atoms with E-state index in [0.717, 1.165) is 0 Å². The lowest BCUT2D eigenvalue weighted by Gasteiger charge is -2.05. The largest absolute Gasteiger partial charge is 0.491 e. The van der Waals surface area contributed by atoms with Crippen LogP contribution < -0.4 is 10.3 Å². The Hall–Kier alpha value is -1.84. The van der Waals surface area contributed by atoms with Gasteiger partial charge in [-0.05, 0) is 30.5 Å². The second kappa shape index (κ2) is 3.73. The molecule has 78 valence electrons. The summed E-state index contributed by atoms with van der Waals surface area (Å²) in [5, 5.41) is 1.00. The number of hydrogen-bond acceptors (Lipinski definition) is 2. The van der Waals surface area contributed by atoms with E-state index in [2.05, 4.69) is 4.98 Å². The molecule has 0 fully saturated rings. The molecular formula is C11H10FNO2. The molecule has 0 unspecified atom stereocenters. The SMILES string of the molecule is CCOc1cc2cc[nH]c(=O)c2cc1F. The van der Waals surface area contributed by atoms with Gasteiger partial charge in [-0.25, -0.2) is 4.39 Å². The van der Waals surface area contributed by atoms with Crippen molar-refractivity contribution in [3.05, 3.63) is 40.6 Å². The maximum Gasteiger partial charge on any atom is 0.255 e. The summed E-state index contributed by atoms with van der Waals surface area (Å²) in [6, 6.07) is 4.43. The molecule has 0 radical (unpaired) electrons. The van der Waals surface area contributed by atoms with E-state index in [1.54, 1.807) is 13.0 Å². The van der Waals surface area contributed by atoms with Crippen LogP contribution in [0.3, 0.4) is 0 Å². The molecular weight excluding hydrogens is 197 g/mol. The van der Waals surface area contributed by atoms with Crippen LogP contribution in [0, 0.1) is 5.82 Å². The molecule has 2 rings (SSSR count). The monoisotopic (exact) mass is 207 g/mol. The highest BCUT2D eigenvalue weighted by molar-refractivity contribution is 5.82. The van der Waals surface area contributed by atoms with E-state index in [1.807, 2.05) is 0 Å². The van der Waals surface area contributed by atoms with Crippen molar-refractivity contribution in [1.29, 1.82) is 0 Å². The van der Waals surface area contributed by atoms with Crippen molar-refractivity contribution < 1.29 is 9.13 Å². The smallest absolute Gasteiger partial charge is 0.255 e. The maximum atomic E-state index is 13.4. The predicted molar refractivity (Wildman–Crippen MR) is 55.7 cm³/mol. The molecule has 1 aromatic heterocycles. The fourth-order valence-electron chi connectivity index (χ4n) is 1.45. The highest BCUT2D eigenvalue weighted by Gasteiger charge is 2.06. The highest BCUT2D eigenvalue weighted by Crippen LogP contribution is 2.22. The Bertz CT molecular complexity index is 548. The Kier molecular flexibility index (Phi) is 2.41. The third-order valence-corrected chi connectivity index (χ3v) is 2.13. The Morgan fingerprint density at radius 1 is 1.47 bits per heavy atom. The molecule has 0 saturated heterocycles. The Morgan fingerprint density at radius 3 is 3.00 bits per heavy atom. The van der Waals surface area contributed by atoms with Crippen LogP contribution in [0.1, 0.15) is 6.92 Å². The summed E-state index contributed by atoms with van der Waals surface area (Å²) in [5.41, 5.74) is -0.297. The van der Waals surface area contributed by atoms with Crippen molar-refractivity contribution in [2.75, 3.05) is 6.61 Å². The molecule has 0 aliphatic carbocycles. The second-order valence-electron chi connectivity index (χ2n) is 3.11. The summed E-state index contributed by atoms with van der Waals surface area (Å²) in [5.74, 6) is -0.336. The van der Waals surface area contributed by atoms with Crippen molar-refractivity contribution in [1.82, 2.24) is 4.98 Å². The molecule has 1 heterocycles. The zero-order valence-electron chi connectivity index (χ0n) is 8.21. The Labute approximate surface area is 85.5 Å². The molecule has 2 aromatic rings. The lowest BCUT2D eigenvalue weighted by Crippen LogP contribution is -2.05. The van der Waals surface area contributed by atoms with E-state index in [-0.39, 0.29) is 11.3 Å². The number of ether oxygens (including phenoxy) is 1. The van der Waals surface area contributed by atoms with Crippen LogP contribution >= 0.6 is 0 Å². The highest BCUT2D eigenvalue weighted by atomic mass is 19.1. The Morgan fingerprint density at radius 2 is 2.27 bits per heavy atom. The van der Waals surface area contributed by atoms with Crippen LogP contribution in [-0.2, 0) is 0 Å². The predicted octanol–water partition coefficient (Wildman–Crippen LogP) is 2.07. The van der Waals surface area contributed by atoms with Gasteiger partial charge >= 0.3 is 0 Å². The molecule has 1 aromatic carbocycles. The second-order valence-corrected chi connectivity index (χ2v) is 3.11. The standard InChI is InChI=1S/C11H10FNO2/c1-2-15-10-5-7-3-4-13-11(14)8(7)6-9(10)12/h3-6H,2H2,1H3,(H,13,14). The summed E-state index contributed by atoms with van der Waals surface area (Å²) in [6.45, 7) is 2.17. The zero-order valence-corrected chi connectivity index (χ0v) is 8.21. The average Bonchev–Trinajstić information content (AvgIpc) is 2.21. The summed E-state index contributed by atoms with van der Waals surface area (Å²) in [6.07, 6.45) is 1.53. The van der Waals surface area contributed by atoms with Gasteiger partial charge in [-0.1, -0.05) is 0 Å². The van der Waals surface area contributed by atoms with E-state index < -0.39 is 5.82 Å². The number of rotatable bonds is 2. The normalized spacial score (nSPS) is 10.5. The van der Waals surface area contributed by atoms with E-state index >= 15 is 0 Å². The number of aromatic nitrogens is 1. The molecule has 0 spiro atoms. The molecule has 1 N–H and O–H groups in total. The topological polar surface area (TPSA) is 42.1 Å². The van der Waals surface area contributed by atoms with Crippen LogP contribution in [-0.4, -0.2) is 11.6 Å². The summed E-state index contributed by atoms with van der Waals surface area (Å²) < 4.78 is 18.5. The van der Waals surface area contributed by atoms with E-state index in [4.69, 9.17) is 4.74 Å². The number of hydrogen-bond donors (Lipinski definition) is 1. The molecule has 15 heavy (non-hydrogen) atoms. The van der Waals surface area contributed by atoms with Gasteiger partial charge < -0.3 is 9.72 Å². The zero-order chi connectivity index (χ0) is 10.8. The number of aromatic amines is 1. The van der Waals surface area contributed by atoms with Crippen LogP contribution in [0.2, 0.25) is 0 Å². The van der Waals surface area contributed by atoms with Gasteiger partial charge in [0.15, 0.2) is 11.6 Å². The maximum absolute atomic E-state index is 13.4. The first-order valence-electron chi connectivity index (χ1n) is 4.66. The van der Waals surface area contributed by atoms with Crippen molar-refractivity contribution in [2.45, 2.75) is 6.92 Å². The van der Waals surface area contributed by atoms with Crippen LogP contribution in [0.15, 0.2) is 29.2 Å². The van der Waals surface area contributed by atoms with Gasteiger partial charge in [0.1, 0.15) is 0 Å². The van der Waals surface area contributed by atoms with Crippen LogP contribution in [0.4, 0.5) is 4.39 Å². The minimum absolute atomic E-state index is 0.176. The van der Waals surface area contributed by atoms with E-state index in [9.17, 15) is 9.18 Å². The molecule has 0 amide bonds. The molecule has 4 heteroatoms. The van der Waals surface area contributed by atoms with Crippen LogP contribution in [0.25, 0.3) is 10.8 Å². The summed E-state index contributed by atoms with van der Waals surface area (Å²) >= 11 is 0. The van der Waals surface area contributed by atoms with Crippen molar-refractivity contribution in [3.63, 3.8) is 0 Å². The van der Waals surface area contributed by atoms with Gasteiger partial charge in [0.25, 0.3) is 5.56 Å². The van der Waals surface area contributed by atoms with Gasteiger partial charge in [0.2, 0.25) is 0 Å². The quantitative estimate of drug-likeness (QED) is 0.819.